The number of pyridine rings is 2. The van der Waals surface area contributed by atoms with Crippen LogP contribution in [0, 0.1) is 12.7 Å². The van der Waals surface area contributed by atoms with Gasteiger partial charge in [-0.3, -0.25) is 9.78 Å². The molecule has 0 radical (unpaired) electrons. The molecule has 0 saturated carbocycles. The molecule has 5 rings (SSSR count). The molecule has 1 saturated heterocycles. The molecule has 0 bridgehead atoms. The molecule has 8 heteroatoms. The van der Waals surface area contributed by atoms with Crippen LogP contribution in [-0.4, -0.2) is 53.3 Å². The van der Waals surface area contributed by atoms with Gasteiger partial charge in [0.2, 0.25) is 0 Å². The number of aromatic nitrogens is 2. The van der Waals surface area contributed by atoms with Crippen LogP contribution in [0.15, 0.2) is 41.3 Å². The molecule has 7 nitrogen and oxygen atoms in total. The lowest BCUT2D eigenvalue weighted by molar-refractivity contribution is 0.170. The minimum atomic E-state index is -0.320. The molecule has 4 heterocycles. The highest BCUT2D eigenvalue weighted by Gasteiger charge is 2.20. The van der Waals surface area contributed by atoms with E-state index < -0.39 is 0 Å². The van der Waals surface area contributed by atoms with Crippen LogP contribution in [0.25, 0.3) is 10.9 Å². The van der Waals surface area contributed by atoms with Gasteiger partial charge < -0.3 is 24.3 Å². The summed E-state index contributed by atoms with van der Waals surface area (Å²) in [6, 6.07) is 8.84. The molecular formula is C25H29FN4O3. The van der Waals surface area contributed by atoms with Gasteiger partial charge in [-0.05, 0) is 62.5 Å². The Hall–Kier alpha value is -2.97. The second kappa shape index (κ2) is 9.49. The number of halogens is 1. The zero-order chi connectivity index (χ0) is 22.8. The van der Waals surface area contributed by atoms with Gasteiger partial charge in [0.25, 0.3) is 5.56 Å². The Morgan fingerprint density at radius 3 is 2.70 bits per heavy atom. The zero-order valence-corrected chi connectivity index (χ0v) is 18.8. The lowest BCUT2D eigenvalue weighted by atomic mass is 10.0. The molecule has 2 aliphatic rings. The van der Waals surface area contributed by atoms with Crippen LogP contribution in [-0.2, 0) is 13.1 Å². The van der Waals surface area contributed by atoms with Gasteiger partial charge in [-0.1, -0.05) is 0 Å². The van der Waals surface area contributed by atoms with E-state index in [0.717, 1.165) is 49.3 Å². The van der Waals surface area contributed by atoms with Crippen molar-refractivity contribution < 1.29 is 13.9 Å². The maximum Gasteiger partial charge on any atom is 0.253 e. The summed E-state index contributed by atoms with van der Waals surface area (Å²) in [6.45, 7) is 6.88. The molecule has 2 aromatic heterocycles. The van der Waals surface area contributed by atoms with Crippen LogP contribution in [0.2, 0.25) is 0 Å². The zero-order valence-electron chi connectivity index (χ0n) is 18.8. The van der Waals surface area contributed by atoms with Gasteiger partial charge in [-0.25, -0.2) is 4.39 Å². The van der Waals surface area contributed by atoms with Gasteiger partial charge >= 0.3 is 0 Å². The molecular weight excluding hydrogens is 423 g/mol. The third-order valence-corrected chi connectivity index (χ3v) is 6.52. The number of hydrogen-bond donors (Lipinski definition) is 1. The number of fused-ring (bicyclic) bond motifs is 2. The standard InChI is InChI=1S/C25H29FN4O3/c1-17-12-18-2-3-19(26)13-22(18)30(25(17)31)9-8-29-6-4-20(5-7-29)27-15-21-14-23-24(16-28-21)33-11-10-32-23/h2-3,12-14,16,20,27H,4-11,15H2,1H3. The summed E-state index contributed by atoms with van der Waals surface area (Å²) < 4.78 is 26.7. The first kappa shape index (κ1) is 21.9. The van der Waals surface area contributed by atoms with Crippen molar-refractivity contribution in [2.45, 2.75) is 38.9 Å². The van der Waals surface area contributed by atoms with Crippen molar-refractivity contribution >= 4 is 10.9 Å². The van der Waals surface area contributed by atoms with E-state index >= 15 is 0 Å². The number of piperidine rings is 1. The molecule has 0 unspecified atom stereocenters. The van der Waals surface area contributed by atoms with E-state index in [0.29, 0.717) is 49.2 Å². The molecule has 0 spiro atoms. The van der Waals surface area contributed by atoms with Crippen molar-refractivity contribution in [1.82, 2.24) is 19.8 Å². The minimum absolute atomic E-state index is 0.0448. The smallest absolute Gasteiger partial charge is 0.253 e. The number of benzene rings is 1. The second-order valence-corrected chi connectivity index (χ2v) is 8.80. The normalized spacial score (nSPS) is 16.9. The van der Waals surface area contributed by atoms with E-state index in [1.807, 2.05) is 19.1 Å². The van der Waals surface area contributed by atoms with Gasteiger partial charge in [0.15, 0.2) is 11.5 Å². The summed E-state index contributed by atoms with van der Waals surface area (Å²) in [4.78, 5) is 19.6. The van der Waals surface area contributed by atoms with Crippen LogP contribution in [0.1, 0.15) is 24.1 Å². The van der Waals surface area contributed by atoms with Crippen molar-refractivity contribution in [2.24, 2.45) is 0 Å². The Labute approximate surface area is 192 Å². The summed E-state index contributed by atoms with van der Waals surface area (Å²) in [6.07, 6.45) is 3.79. The first-order valence-corrected chi connectivity index (χ1v) is 11.6. The average Bonchev–Trinajstić information content (AvgIpc) is 2.84. The fourth-order valence-electron chi connectivity index (χ4n) is 4.65. The predicted octanol–water partition coefficient (Wildman–Crippen LogP) is 2.87. The van der Waals surface area contributed by atoms with Gasteiger partial charge in [-0.15, -0.1) is 0 Å². The SMILES string of the molecule is Cc1cc2ccc(F)cc2n(CCN2CCC(NCc3cc4c(cn3)OCCO4)CC2)c1=O. The highest BCUT2D eigenvalue weighted by atomic mass is 19.1. The first-order chi connectivity index (χ1) is 16.1. The van der Waals surface area contributed by atoms with E-state index in [9.17, 15) is 9.18 Å². The van der Waals surface area contributed by atoms with Crippen molar-refractivity contribution in [3.63, 3.8) is 0 Å². The summed E-state index contributed by atoms with van der Waals surface area (Å²) in [7, 11) is 0. The Bertz CT molecular complexity index is 1200. The fourth-order valence-corrected chi connectivity index (χ4v) is 4.65. The van der Waals surface area contributed by atoms with Gasteiger partial charge in [0.1, 0.15) is 19.0 Å². The topological polar surface area (TPSA) is 68.6 Å². The highest BCUT2D eigenvalue weighted by molar-refractivity contribution is 5.79. The van der Waals surface area contributed by atoms with E-state index in [-0.39, 0.29) is 11.4 Å². The van der Waals surface area contributed by atoms with E-state index in [2.05, 4.69) is 15.2 Å². The van der Waals surface area contributed by atoms with Gasteiger partial charge in [-0.2, -0.15) is 0 Å². The molecule has 1 aromatic carbocycles. The number of likely N-dealkylation sites (tertiary alicyclic amines) is 1. The maximum atomic E-state index is 13.8. The van der Waals surface area contributed by atoms with Crippen LogP contribution >= 0.6 is 0 Å². The van der Waals surface area contributed by atoms with E-state index in [4.69, 9.17) is 9.47 Å². The Morgan fingerprint density at radius 1 is 1.09 bits per heavy atom. The highest BCUT2D eigenvalue weighted by Crippen LogP contribution is 2.29. The van der Waals surface area contributed by atoms with E-state index in [1.54, 1.807) is 16.8 Å². The Morgan fingerprint density at radius 2 is 1.88 bits per heavy atom. The molecule has 1 N–H and O–H groups in total. The number of nitrogens with zero attached hydrogens (tertiary/aromatic N) is 3. The number of nitrogens with one attached hydrogen (secondary N) is 1. The molecule has 0 amide bonds. The van der Waals surface area contributed by atoms with Crippen molar-refractivity contribution in [1.29, 1.82) is 0 Å². The average molecular weight is 453 g/mol. The molecule has 1 fully saturated rings. The first-order valence-electron chi connectivity index (χ1n) is 11.6. The number of ether oxygens (including phenoxy) is 2. The number of hydrogen-bond acceptors (Lipinski definition) is 6. The van der Waals surface area contributed by atoms with Crippen molar-refractivity contribution in [3.05, 3.63) is 64.0 Å². The third kappa shape index (κ3) is 4.86. The Kier molecular flexibility index (Phi) is 6.28. The van der Waals surface area contributed by atoms with Crippen LogP contribution in [0.4, 0.5) is 4.39 Å². The fraction of sp³-hybridized carbons (Fsp3) is 0.440. The quantitative estimate of drug-likeness (QED) is 0.620. The summed E-state index contributed by atoms with van der Waals surface area (Å²) in [5.41, 5.74) is 2.25. The second-order valence-electron chi connectivity index (χ2n) is 8.80. The van der Waals surface area contributed by atoms with Crippen molar-refractivity contribution in [2.75, 3.05) is 32.8 Å². The van der Waals surface area contributed by atoms with Crippen LogP contribution in [0.5, 0.6) is 11.5 Å². The molecule has 3 aromatic rings. The predicted molar refractivity (Wildman–Crippen MR) is 124 cm³/mol. The largest absolute Gasteiger partial charge is 0.486 e. The maximum absolute atomic E-state index is 13.8. The van der Waals surface area contributed by atoms with E-state index in [1.165, 1.54) is 12.1 Å². The Balaban J connectivity index is 1.15. The molecule has 174 valence electrons. The van der Waals surface area contributed by atoms with Crippen LogP contribution in [0.3, 0.4) is 0 Å². The molecule has 33 heavy (non-hydrogen) atoms. The minimum Gasteiger partial charge on any atom is -0.486 e. The number of rotatable bonds is 6. The summed E-state index contributed by atoms with van der Waals surface area (Å²) >= 11 is 0. The third-order valence-electron chi connectivity index (χ3n) is 6.52. The van der Waals surface area contributed by atoms with Gasteiger partial charge in [0.05, 0.1) is 17.4 Å². The molecule has 0 atom stereocenters. The lowest BCUT2D eigenvalue weighted by Crippen LogP contribution is -2.43. The molecule has 0 aliphatic carbocycles. The van der Waals surface area contributed by atoms with Gasteiger partial charge in [0, 0.05) is 37.3 Å². The number of aryl methyl sites for hydroxylation is 1. The monoisotopic (exact) mass is 452 g/mol. The lowest BCUT2D eigenvalue weighted by Gasteiger charge is -2.32. The van der Waals surface area contributed by atoms with Crippen molar-refractivity contribution in [3.8, 4) is 11.5 Å². The van der Waals surface area contributed by atoms with Crippen LogP contribution < -0.4 is 20.3 Å². The summed E-state index contributed by atoms with van der Waals surface area (Å²) in [5, 5.41) is 4.50. The summed E-state index contributed by atoms with van der Waals surface area (Å²) in [5.74, 6) is 1.15. The molecule has 2 aliphatic heterocycles.